The minimum Gasteiger partial charge on any atom is -0.465 e. The third kappa shape index (κ3) is 2.66. The predicted molar refractivity (Wildman–Crippen MR) is 112 cm³/mol. The molecule has 142 valence electrons. The van der Waals surface area contributed by atoms with E-state index >= 15 is 0 Å². The first-order chi connectivity index (χ1) is 14.1. The Hall–Kier alpha value is -3.45. The molecule has 0 bridgehead atoms. The van der Waals surface area contributed by atoms with Gasteiger partial charge in [0.05, 0.1) is 29.3 Å². The Morgan fingerprint density at radius 2 is 1.83 bits per heavy atom. The monoisotopic (exact) mass is 448 g/mol. The van der Waals surface area contributed by atoms with E-state index in [-0.39, 0.29) is 5.78 Å². The number of anilines is 2. The fraction of sp³-hybridized carbons (Fsp3) is 0.0455. The van der Waals surface area contributed by atoms with Crippen LogP contribution < -0.4 is 5.32 Å². The zero-order chi connectivity index (χ0) is 20.1. The lowest BCUT2D eigenvalue weighted by Crippen LogP contribution is -2.11. The first kappa shape index (κ1) is 17.6. The Labute approximate surface area is 173 Å². The Kier molecular flexibility index (Phi) is 3.99. The molecule has 3 aromatic carbocycles. The van der Waals surface area contributed by atoms with Crippen LogP contribution in [-0.4, -0.2) is 24.0 Å². The normalized spacial score (nSPS) is 12.0. The van der Waals surface area contributed by atoms with Crippen LogP contribution in [0.1, 0.15) is 26.3 Å². The summed E-state index contributed by atoms with van der Waals surface area (Å²) in [6, 6.07) is 16.0. The Balaban J connectivity index is 1.66. The largest absolute Gasteiger partial charge is 0.465 e. The Morgan fingerprint density at radius 1 is 1.10 bits per heavy atom. The van der Waals surface area contributed by atoms with Crippen molar-refractivity contribution in [1.29, 1.82) is 0 Å². The summed E-state index contributed by atoms with van der Waals surface area (Å²) in [6.45, 7) is 0. The van der Waals surface area contributed by atoms with Crippen molar-refractivity contribution in [1.82, 2.24) is 5.16 Å². The number of rotatable bonds is 3. The molecule has 1 aromatic heterocycles. The van der Waals surface area contributed by atoms with Gasteiger partial charge >= 0.3 is 5.97 Å². The van der Waals surface area contributed by atoms with Crippen LogP contribution in [0.3, 0.4) is 0 Å². The minimum absolute atomic E-state index is 0.0949. The second-order valence-corrected chi connectivity index (χ2v) is 7.44. The summed E-state index contributed by atoms with van der Waals surface area (Å²) in [4.78, 5) is 25.0. The molecule has 0 fully saturated rings. The molecular weight excluding hydrogens is 436 g/mol. The summed E-state index contributed by atoms with van der Waals surface area (Å²) < 4.78 is 11.0. The van der Waals surface area contributed by atoms with Crippen LogP contribution in [0.15, 0.2) is 63.6 Å². The van der Waals surface area contributed by atoms with E-state index in [2.05, 4.69) is 26.4 Å². The summed E-state index contributed by atoms with van der Waals surface area (Å²) >= 11 is 3.53. The second-order valence-electron chi connectivity index (χ2n) is 6.58. The summed E-state index contributed by atoms with van der Waals surface area (Å²) in [7, 11) is 1.34. The molecule has 1 N–H and O–H groups in total. The molecule has 4 aromatic rings. The molecule has 0 radical (unpaired) electrons. The molecule has 1 aliphatic rings. The van der Waals surface area contributed by atoms with Gasteiger partial charge in [0.25, 0.3) is 0 Å². The maximum absolute atomic E-state index is 13.3. The van der Waals surface area contributed by atoms with Gasteiger partial charge < -0.3 is 14.6 Å². The van der Waals surface area contributed by atoms with Crippen molar-refractivity contribution in [2.75, 3.05) is 12.4 Å². The highest BCUT2D eigenvalue weighted by molar-refractivity contribution is 9.10. The van der Waals surface area contributed by atoms with Gasteiger partial charge in [-0.05, 0) is 46.3 Å². The minimum atomic E-state index is -0.406. The molecule has 0 amide bonds. The van der Waals surface area contributed by atoms with Crippen molar-refractivity contribution in [2.45, 2.75) is 0 Å². The number of hydrogen-bond donors (Lipinski definition) is 1. The van der Waals surface area contributed by atoms with Crippen LogP contribution in [0.2, 0.25) is 0 Å². The van der Waals surface area contributed by atoms with Crippen LogP contribution in [0.25, 0.3) is 22.2 Å². The van der Waals surface area contributed by atoms with E-state index in [4.69, 9.17) is 9.26 Å². The third-order valence-corrected chi connectivity index (χ3v) is 5.54. The molecule has 0 spiro atoms. The van der Waals surface area contributed by atoms with Gasteiger partial charge in [0.1, 0.15) is 5.52 Å². The first-order valence-corrected chi connectivity index (χ1v) is 9.59. The number of esters is 1. The van der Waals surface area contributed by atoms with E-state index in [9.17, 15) is 9.59 Å². The molecular formula is C22H13BrN2O4. The highest BCUT2D eigenvalue weighted by Crippen LogP contribution is 2.45. The van der Waals surface area contributed by atoms with E-state index in [1.54, 1.807) is 30.3 Å². The van der Waals surface area contributed by atoms with Gasteiger partial charge in [-0.15, -0.1) is 0 Å². The average molecular weight is 449 g/mol. The van der Waals surface area contributed by atoms with Crippen LogP contribution in [0, 0.1) is 0 Å². The summed E-state index contributed by atoms with van der Waals surface area (Å²) in [6.07, 6.45) is 0. The number of methoxy groups -OCH3 is 1. The van der Waals surface area contributed by atoms with Crippen molar-refractivity contribution in [3.8, 4) is 11.3 Å². The number of hydrogen-bond acceptors (Lipinski definition) is 6. The van der Waals surface area contributed by atoms with Gasteiger partial charge in [-0.1, -0.05) is 29.4 Å². The van der Waals surface area contributed by atoms with Gasteiger partial charge in [-0.3, -0.25) is 4.79 Å². The van der Waals surface area contributed by atoms with Crippen LogP contribution in [0.4, 0.5) is 11.4 Å². The van der Waals surface area contributed by atoms with Crippen molar-refractivity contribution in [3.63, 3.8) is 0 Å². The highest BCUT2D eigenvalue weighted by Gasteiger charge is 2.32. The van der Waals surface area contributed by atoms with Crippen LogP contribution in [0.5, 0.6) is 0 Å². The SMILES string of the molecule is COC(=O)c1ccc(Nc2cc(Br)c3noc4c3c2C(=O)c2ccccc2-4)cc1. The molecule has 0 atom stereocenters. The number of fused-ring (bicyclic) bond motifs is 2. The number of ketones is 1. The fourth-order valence-electron chi connectivity index (χ4n) is 3.58. The lowest BCUT2D eigenvalue weighted by atomic mass is 9.87. The summed E-state index contributed by atoms with van der Waals surface area (Å²) in [5.74, 6) is 0.0785. The molecule has 29 heavy (non-hydrogen) atoms. The first-order valence-electron chi connectivity index (χ1n) is 8.80. The smallest absolute Gasteiger partial charge is 0.337 e. The molecule has 0 unspecified atom stereocenters. The maximum Gasteiger partial charge on any atom is 0.337 e. The Morgan fingerprint density at radius 3 is 2.55 bits per heavy atom. The van der Waals surface area contributed by atoms with Gasteiger partial charge in [0.15, 0.2) is 11.5 Å². The van der Waals surface area contributed by atoms with Crippen molar-refractivity contribution < 1.29 is 18.8 Å². The van der Waals surface area contributed by atoms with E-state index < -0.39 is 5.97 Å². The molecule has 0 saturated carbocycles. The highest BCUT2D eigenvalue weighted by atomic mass is 79.9. The van der Waals surface area contributed by atoms with Gasteiger partial charge in [-0.25, -0.2) is 4.79 Å². The zero-order valence-corrected chi connectivity index (χ0v) is 16.7. The summed E-state index contributed by atoms with van der Waals surface area (Å²) in [5.41, 5.74) is 4.22. The van der Waals surface area contributed by atoms with Gasteiger partial charge in [0.2, 0.25) is 0 Å². The van der Waals surface area contributed by atoms with E-state index in [1.165, 1.54) is 7.11 Å². The average Bonchev–Trinajstić information content (AvgIpc) is 3.19. The number of carbonyl (C=O) groups is 2. The fourth-order valence-corrected chi connectivity index (χ4v) is 4.08. The number of benzene rings is 3. The zero-order valence-electron chi connectivity index (χ0n) is 15.2. The van der Waals surface area contributed by atoms with Gasteiger partial charge in [0, 0.05) is 21.3 Å². The number of ether oxygens (including phenoxy) is 1. The van der Waals surface area contributed by atoms with Crippen molar-refractivity contribution >= 4 is 50.0 Å². The second kappa shape index (κ2) is 6.56. The van der Waals surface area contributed by atoms with E-state index in [0.717, 1.165) is 11.3 Å². The molecule has 1 aliphatic carbocycles. The maximum atomic E-state index is 13.3. The molecule has 5 rings (SSSR count). The van der Waals surface area contributed by atoms with Crippen molar-refractivity contribution in [3.05, 3.63) is 75.8 Å². The summed E-state index contributed by atoms with van der Waals surface area (Å²) in [5, 5.41) is 8.12. The molecule has 6 nitrogen and oxygen atoms in total. The number of nitrogens with one attached hydrogen (secondary N) is 1. The van der Waals surface area contributed by atoms with Gasteiger partial charge in [-0.2, -0.15) is 0 Å². The van der Waals surface area contributed by atoms with E-state index in [0.29, 0.717) is 43.5 Å². The van der Waals surface area contributed by atoms with Crippen LogP contribution >= 0.6 is 15.9 Å². The number of carbonyl (C=O) groups excluding carboxylic acids is 2. The number of aromatic nitrogens is 1. The topological polar surface area (TPSA) is 81.4 Å². The van der Waals surface area contributed by atoms with Crippen LogP contribution in [-0.2, 0) is 4.74 Å². The molecule has 1 heterocycles. The number of halogens is 1. The predicted octanol–water partition coefficient (Wildman–Crippen LogP) is 5.33. The Bertz CT molecular complexity index is 1310. The van der Waals surface area contributed by atoms with E-state index in [1.807, 2.05) is 24.3 Å². The van der Waals surface area contributed by atoms with Crippen molar-refractivity contribution in [2.24, 2.45) is 0 Å². The standard InChI is InChI=1S/C22H13BrN2O4/c1-28-22(27)11-6-8-12(9-7-11)24-16-10-15(23)19-18-17(16)20(26)13-4-2-3-5-14(13)21(18)29-25-19/h2-10,24H,1H3. The molecule has 0 aliphatic heterocycles. The molecule has 0 saturated heterocycles. The number of nitrogens with zero attached hydrogens (tertiary/aromatic N) is 1. The molecule has 7 heteroatoms. The lowest BCUT2D eigenvalue weighted by Gasteiger charge is -2.18. The third-order valence-electron chi connectivity index (χ3n) is 4.94. The quantitative estimate of drug-likeness (QED) is 0.375. The lowest BCUT2D eigenvalue weighted by molar-refractivity contribution is 0.0600.